The lowest BCUT2D eigenvalue weighted by Gasteiger charge is -2.40. The van der Waals surface area contributed by atoms with Gasteiger partial charge in [0.25, 0.3) is 0 Å². The standard InChI is InChI=1S/C18H26BrN/c1-12(13-5-7-15(19)8-6-13)20-16-11-14-9-10-18(16,4)17(14,2)3/h5-8,12,14,16,20H,9-11H2,1-4H3/t12-,14?,16?,18?/m1/s1. The molecule has 1 aromatic rings. The maximum absolute atomic E-state index is 3.93. The molecule has 110 valence electrons. The second-order valence-corrected chi connectivity index (χ2v) is 8.52. The van der Waals surface area contributed by atoms with Gasteiger partial charge >= 0.3 is 0 Å². The van der Waals surface area contributed by atoms with E-state index in [4.69, 9.17) is 0 Å². The lowest BCUT2D eigenvalue weighted by Crippen LogP contribution is -2.45. The molecule has 0 amide bonds. The van der Waals surface area contributed by atoms with E-state index in [1.807, 2.05) is 0 Å². The van der Waals surface area contributed by atoms with E-state index in [1.165, 1.54) is 24.8 Å². The van der Waals surface area contributed by atoms with Gasteiger partial charge in [0.2, 0.25) is 0 Å². The van der Waals surface area contributed by atoms with Gasteiger partial charge in [0, 0.05) is 16.6 Å². The van der Waals surface area contributed by atoms with Gasteiger partial charge in [-0.2, -0.15) is 0 Å². The zero-order valence-corrected chi connectivity index (χ0v) is 14.6. The molecule has 4 atom stereocenters. The third-order valence-electron chi connectivity index (χ3n) is 6.62. The van der Waals surface area contributed by atoms with E-state index in [0.29, 0.717) is 22.9 Å². The second kappa shape index (κ2) is 4.84. The Morgan fingerprint density at radius 2 is 1.85 bits per heavy atom. The van der Waals surface area contributed by atoms with Crippen LogP contribution in [0.25, 0.3) is 0 Å². The fourth-order valence-corrected chi connectivity index (χ4v) is 4.87. The Balaban J connectivity index is 1.75. The lowest BCUT2D eigenvalue weighted by atomic mass is 9.69. The number of fused-ring (bicyclic) bond motifs is 2. The molecule has 0 saturated heterocycles. The normalized spacial score (nSPS) is 36.2. The molecule has 1 nitrogen and oxygen atoms in total. The van der Waals surface area contributed by atoms with Crippen LogP contribution in [0.5, 0.6) is 0 Å². The Morgan fingerprint density at radius 3 is 2.35 bits per heavy atom. The summed E-state index contributed by atoms with van der Waals surface area (Å²) in [7, 11) is 0. The highest BCUT2D eigenvalue weighted by atomic mass is 79.9. The molecule has 0 aromatic heterocycles. The van der Waals surface area contributed by atoms with Crippen molar-refractivity contribution in [3.8, 4) is 0 Å². The lowest BCUT2D eigenvalue weighted by molar-refractivity contribution is 0.116. The quantitative estimate of drug-likeness (QED) is 0.788. The summed E-state index contributed by atoms with van der Waals surface area (Å²) < 4.78 is 1.15. The van der Waals surface area contributed by atoms with Crippen LogP contribution >= 0.6 is 15.9 Å². The Bertz CT molecular complexity index is 493. The average molecular weight is 336 g/mol. The van der Waals surface area contributed by atoms with Crippen molar-refractivity contribution < 1.29 is 0 Å². The van der Waals surface area contributed by atoms with Crippen LogP contribution in [-0.4, -0.2) is 6.04 Å². The summed E-state index contributed by atoms with van der Waals surface area (Å²) >= 11 is 3.51. The van der Waals surface area contributed by atoms with Gasteiger partial charge in [-0.15, -0.1) is 0 Å². The Morgan fingerprint density at radius 1 is 1.20 bits per heavy atom. The van der Waals surface area contributed by atoms with Crippen molar-refractivity contribution in [2.75, 3.05) is 0 Å². The van der Waals surface area contributed by atoms with Crippen molar-refractivity contribution in [2.24, 2.45) is 16.7 Å². The van der Waals surface area contributed by atoms with Crippen molar-refractivity contribution >= 4 is 15.9 Å². The van der Waals surface area contributed by atoms with Gasteiger partial charge in [-0.05, 0) is 60.6 Å². The summed E-state index contributed by atoms with van der Waals surface area (Å²) in [5.41, 5.74) is 2.34. The summed E-state index contributed by atoms with van der Waals surface area (Å²) in [4.78, 5) is 0. The first-order chi connectivity index (χ1) is 9.34. The molecule has 1 aromatic carbocycles. The SMILES string of the molecule is C[C@@H](NC1CC2CCC1(C)C2(C)C)c1ccc(Br)cc1. The van der Waals surface area contributed by atoms with E-state index in [-0.39, 0.29) is 0 Å². The minimum atomic E-state index is 0.431. The molecule has 2 saturated carbocycles. The van der Waals surface area contributed by atoms with Crippen LogP contribution in [0.4, 0.5) is 0 Å². The zero-order valence-electron chi connectivity index (χ0n) is 13.0. The van der Waals surface area contributed by atoms with Crippen LogP contribution in [0, 0.1) is 16.7 Å². The molecular weight excluding hydrogens is 310 g/mol. The molecule has 0 heterocycles. The van der Waals surface area contributed by atoms with E-state index >= 15 is 0 Å². The highest BCUT2D eigenvalue weighted by Crippen LogP contribution is 2.65. The summed E-state index contributed by atoms with van der Waals surface area (Å²) in [5.74, 6) is 0.905. The van der Waals surface area contributed by atoms with Gasteiger partial charge in [0.05, 0.1) is 0 Å². The van der Waals surface area contributed by atoms with Crippen molar-refractivity contribution in [1.29, 1.82) is 0 Å². The molecule has 3 unspecified atom stereocenters. The molecule has 0 radical (unpaired) electrons. The van der Waals surface area contributed by atoms with Crippen molar-refractivity contribution in [1.82, 2.24) is 5.32 Å². The monoisotopic (exact) mass is 335 g/mol. The molecule has 2 fully saturated rings. The van der Waals surface area contributed by atoms with Gasteiger partial charge in [0.15, 0.2) is 0 Å². The highest BCUT2D eigenvalue weighted by Gasteiger charge is 2.61. The molecule has 3 rings (SSSR count). The number of rotatable bonds is 3. The average Bonchev–Trinajstić information content (AvgIpc) is 2.72. The Labute approximate surface area is 131 Å². The highest BCUT2D eigenvalue weighted by molar-refractivity contribution is 9.10. The fraction of sp³-hybridized carbons (Fsp3) is 0.667. The molecule has 2 aliphatic carbocycles. The summed E-state index contributed by atoms with van der Waals surface area (Å²) in [6.45, 7) is 9.77. The van der Waals surface area contributed by atoms with E-state index < -0.39 is 0 Å². The van der Waals surface area contributed by atoms with E-state index in [0.717, 1.165) is 10.4 Å². The van der Waals surface area contributed by atoms with Gasteiger partial charge in [-0.3, -0.25) is 0 Å². The number of halogens is 1. The van der Waals surface area contributed by atoms with Crippen LogP contribution in [0.1, 0.15) is 58.6 Å². The third kappa shape index (κ3) is 2.07. The zero-order chi connectivity index (χ0) is 14.5. The predicted octanol–water partition coefficient (Wildman–Crippen LogP) is 5.31. The first kappa shape index (κ1) is 14.6. The Hall–Kier alpha value is -0.340. The number of hydrogen-bond acceptors (Lipinski definition) is 1. The maximum atomic E-state index is 3.93. The van der Waals surface area contributed by atoms with Crippen molar-refractivity contribution in [3.63, 3.8) is 0 Å². The van der Waals surface area contributed by atoms with Crippen LogP contribution in [0.3, 0.4) is 0 Å². The number of nitrogens with one attached hydrogen (secondary N) is 1. The molecule has 20 heavy (non-hydrogen) atoms. The smallest absolute Gasteiger partial charge is 0.0294 e. The van der Waals surface area contributed by atoms with Gasteiger partial charge < -0.3 is 5.32 Å². The summed E-state index contributed by atoms with van der Waals surface area (Å²) in [6.07, 6.45) is 4.16. The number of benzene rings is 1. The summed E-state index contributed by atoms with van der Waals surface area (Å²) in [6, 6.07) is 9.82. The first-order valence-electron chi connectivity index (χ1n) is 7.86. The van der Waals surface area contributed by atoms with Gasteiger partial charge in [-0.1, -0.05) is 48.8 Å². The van der Waals surface area contributed by atoms with Gasteiger partial charge in [0.1, 0.15) is 0 Å². The minimum Gasteiger partial charge on any atom is -0.307 e. The predicted molar refractivity (Wildman–Crippen MR) is 88.7 cm³/mol. The molecular formula is C18H26BrN. The van der Waals surface area contributed by atoms with Crippen LogP contribution < -0.4 is 5.32 Å². The number of hydrogen-bond donors (Lipinski definition) is 1. The van der Waals surface area contributed by atoms with Crippen LogP contribution in [0.15, 0.2) is 28.7 Å². The largest absolute Gasteiger partial charge is 0.307 e. The van der Waals surface area contributed by atoms with Crippen molar-refractivity contribution in [3.05, 3.63) is 34.3 Å². The fourth-order valence-electron chi connectivity index (χ4n) is 4.61. The van der Waals surface area contributed by atoms with E-state index in [1.54, 1.807) is 0 Å². The van der Waals surface area contributed by atoms with Crippen LogP contribution in [-0.2, 0) is 0 Å². The molecule has 1 N–H and O–H groups in total. The first-order valence-corrected chi connectivity index (χ1v) is 8.65. The second-order valence-electron chi connectivity index (χ2n) is 7.60. The van der Waals surface area contributed by atoms with Crippen LogP contribution in [0.2, 0.25) is 0 Å². The molecule has 2 bridgehead atoms. The maximum Gasteiger partial charge on any atom is 0.0294 e. The summed E-state index contributed by atoms with van der Waals surface area (Å²) in [5, 5.41) is 3.93. The minimum absolute atomic E-state index is 0.431. The molecule has 0 spiro atoms. The van der Waals surface area contributed by atoms with Crippen molar-refractivity contribution in [2.45, 2.75) is 59.0 Å². The van der Waals surface area contributed by atoms with E-state index in [9.17, 15) is 0 Å². The third-order valence-corrected chi connectivity index (χ3v) is 7.14. The topological polar surface area (TPSA) is 12.0 Å². The van der Waals surface area contributed by atoms with E-state index in [2.05, 4.69) is 73.2 Å². The molecule has 2 aliphatic rings. The van der Waals surface area contributed by atoms with Gasteiger partial charge in [-0.25, -0.2) is 0 Å². The Kier molecular flexibility index (Phi) is 3.53. The molecule has 0 aliphatic heterocycles. The molecule has 2 heteroatoms.